The topological polar surface area (TPSA) is 97.1 Å². The third-order valence-electron chi connectivity index (χ3n) is 7.59. The van der Waals surface area contributed by atoms with Crippen molar-refractivity contribution in [1.29, 1.82) is 0 Å². The van der Waals surface area contributed by atoms with Crippen LogP contribution in [-0.4, -0.2) is 29.4 Å². The standard InChI is InChI=1S/C26H32F2N4O2/c27-21-8-7-19(15-22(21)28)26(11-1-2-12-26)16-31-25(34)23(29)17-3-5-18(6-4-17)24(33)32-20-9-13-30-14-10-20/h7-10,13-15,17-18,23H,1-6,11-12,16,29H2,(H,31,34)(H,30,32,33). The molecule has 0 bridgehead atoms. The number of aromatic nitrogens is 1. The Bertz CT molecular complexity index is 1000. The van der Waals surface area contributed by atoms with Crippen LogP contribution < -0.4 is 16.4 Å². The van der Waals surface area contributed by atoms with Gasteiger partial charge < -0.3 is 16.4 Å². The van der Waals surface area contributed by atoms with Crippen LogP contribution in [0.1, 0.15) is 56.9 Å². The molecule has 2 amide bonds. The number of rotatable bonds is 7. The molecule has 1 aromatic heterocycles. The minimum Gasteiger partial charge on any atom is -0.354 e. The summed E-state index contributed by atoms with van der Waals surface area (Å²) < 4.78 is 27.3. The van der Waals surface area contributed by atoms with Gasteiger partial charge in [-0.15, -0.1) is 0 Å². The van der Waals surface area contributed by atoms with E-state index < -0.39 is 23.1 Å². The Hall–Kier alpha value is -2.87. The van der Waals surface area contributed by atoms with Crippen molar-refractivity contribution in [3.8, 4) is 0 Å². The Morgan fingerprint density at radius 2 is 1.71 bits per heavy atom. The van der Waals surface area contributed by atoms with Crippen molar-refractivity contribution in [2.24, 2.45) is 17.6 Å². The molecule has 1 heterocycles. The Morgan fingerprint density at radius 1 is 1.03 bits per heavy atom. The molecule has 2 saturated carbocycles. The predicted octanol–water partition coefficient (Wildman–Crippen LogP) is 4.06. The zero-order chi connectivity index (χ0) is 24.1. The number of benzene rings is 1. The van der Waals surface area contributed by atoms with Gasteiger partial charge in [0.15, 0.2) is 11.6 Å². The van der Waals surface area contributed by atoms with Crippen LogP contribution in [0.5, 0.6) is 0 Å². The van der Waals surface area contributed by atoms with Gasteiger partial charge in [0.2, 0.25) is 11.8 Å². The van der Waals surface area contributed by atoms with Gasteiger partial charge in [-0.25, -0.2) is 8.78 Å². The molecule has 0 spiro atoms. The van der Waals surface area contributed by atoms with E-state index >= 15 is 0 Å². The lowest BCUT2D eigenvalue weighted by atomic mass is 9.77. The summed E-state index contributed by atoms with van der Waals surface area (Å²) in [6.45, 7) is 0.355. The quantitative estimate of drug-likeness (QED) is 0.569. The summed E-state index contributed by atoms with van der Waals surface area (Å²) >= 11 is 0. The number of hydrogen-bond donors (Lipinski definition) is 3. The van der Waals surface area contributed by atoms with Gasteiger partial charge >= 0.3 is 0 Å². The first-order valence-electron chi connectivity index (χ1n) is 12.1. The maximum Gasteiger partial charge on any atom is 0.237 e. The van der Waals surface area contributed by atoms with Crippen LogP contribution >= 0.6 is 0 Å². The third kappa shape index (κ3) is 5.43. The predicted molar refractivity (Wildman–Crippen MR) is 126 cm³/mol. The smallest absolute Gasteiger partial charge is 0.237 e. The van der Waals surface area contributed by atoms with Crippen molar-refractivity contribution in [3.05, 3.63) is 59.9 Å². The lowest BCUT2D eigenvalue weighted by Crippen LogP contribution is -2.50. The number of halogens is 2. The summed E-state index contributed by atoms with van der Waals surface area (Å²) in [6.07, 6.45) is 9.62. The van der Waals surface area contributed by atoms with Gasteiger partial charge in [0.1, 0.15) is 0 Å². The summed E-state index contributed by atoms with van der Waals surface area (Å²) in [7, 11) is 0. The number of nitrogens with one attached hydrogen (secondary N) is 2. The molecule has 1 aromatic carbocycles. The molecular weight excluding hydrogens is 438 g/mol. The van der Waals surface area contributed by atoms with E-state index in [2.05, 4.69) is 15.6 Å². The fourth-order valence-electron chi connectivity index (χ4n) is 5.45. The Labute approximate surface area is 198 Å². The zero-order valence-corrected chi connectivity index (χ0v) is 19.2. The Morgan fingerprint density at radius 3 is 2.35 bits per heavy atom. The molecular formula is C26H32F2N4O2. The van der Waals surface area contributed by atoms with E-state index in [1.165, 1.54) is 6.07 Å². The first kappa shape index (κ1) is 24.3. The van der Waals surface area contributed by atoms with E-state index in [0.717, 1.165) is 43.0 Å². The highest BCUT2D eigenvalue weighted by Crippen LogP contribution is 2.41. The maximum atomic E-state index is 13.9. The van der Waals surface area contributed by atoms with Gasteiger partial charge in [0.25, 0.3) is 0 Å². The molecule has 4 rings (SSSR count). The van der Waals surface area contributed by atoms with E-state index in [1.807, 2.05) is 0 Å². The van der Waals surface area contributed by atoms with E-state index in [-0.39, 0.29) is 23.7 Å². The van der Waals surface area contributed by atoms with E-state index in [0.29, 0.717) is 32.2 Å². The van der Waals surface area contributed by atoms with Crippen molar-refractivity contribution in [3.63, 3.8) is 0 Å². The molecule has 182 valence electrons. The van der Waals surface area contributed by atoms with Gasteiger partial charge in [-0.05, 0) is 74.3 Å². The lowest BCUT2D eigenvalue weighted by Gasteiger charge is -2.33. The highest BCUT2D eigenvalue weighted by molar-refractivity contribution is 5.92. The van der Waals surface area contributed by atoms with Crippen LogP contribution in [0.25, 0.3) is 0 Å². The van der Waals surface area contributed by atoms with Crippen LogP contribution in [0.15, 0.2) is 42.7 Å². The summed E-state index contributed by atoms with van der Waals surface area (Å²) in [4.78, 5) is 29.4. The second kappa shape index (κ2) is 10.6. The summed E-state index contributed by atoms with van der Waals surface area (Å²) in [5, 5.41) is 5.91. The molecule has 0 saturated heterocycles. The van der Waals surface area contributed by atoms with Crippen LogP contribution in [-0.2, 0) is 15.0 Å². The summed E-state index contributed by atoms with van der Waals surface area (Å²) in [6, 6.07) is 6.87. The van der Waals surface area contributed by atoms with Crippen molar-refractivity contribution in [2.75, 3.05) is 11.9 Å². The first-order valence-corrected chi connectivity index (χ1v) is 12.1. The van der Waals surface area contributed by atoms with Gasteiger partial charge in [-0.3, -0.25) is 14.6 Å². The Kier molecular flexibility index (Phi) is 7.56. The molecule has 2 aromatic rings. The second-order valence-electron chi connectivity index (χ2n) is 9.70. The van der Waals surface area contributed by atoms with Gasteiger partial charge in [0.05, 0.1) is 6.04 Å². The molecule has 4 N–H and O–H groups in total. The van der Waals surface area contributed by atoms with Crippen molar-refractivity contribution in [1.82, 2.24) is 10.3 Å². The van der Waals surface area contributed by atoms with Crippen LogP contribution in [0.4, 0.5) is 14.5 Å². The third-order valence-corrected chi connectivity index (χ3v) is 7.59. The number of pyridine rings is 1. The highest BCUT2D eigenvalue weighted by Gasteiger charge is 2.38. The number of carbonyl (C=O) groups excluding carboxylic acids is 2. The molecule has 2 aliphatic rings. The number of nitrogens with two attached hydrogens (primary N) is 1. The number of anilines is 1. The molecule has 34 heavy (non-hydrogen) atoms. The van der Waals surface area contributed by atoms with Gasteiger partial charge in [-0.2, -0.15) is 0 Å². The molecule has 2 aliphatic carbocycles. The average molecular weight is 471 g/mol. The highest BCUT2D eigenvalue weighted by atomic mass is 19.2. The first-order chi connectivity index (χ1) is 16.4. The van der Waals surface area contributed by atoms with Crippen molar-refractivity contribution in [2.45, 2.75) is 62.8 Å². The van der Waals surface area contributed by atoms with Crippen LogP contribution in [0, 0.1) is 23.5 Å². The van der Waals surface area contributed by atoms with Crippen LogP contribution in [0.2, 0.25) is 0 Å². The monoisotopic (exact) mass is 470 g/mol. The van der Waals surface area contributed by atoms with Crippen molar-refractivity contribution < 1.29 is 18.4 Å². The number of amides is 2. The maximum absolute atomic E-state index is 13.9. The largest absolute Gasteiger partial charge is 0.354 e. The minimum absolute atomic E-state index is 0.00719. The zero-order valence-electron chi connectivity index (χ0n) is 19.2. The van der Waals surface area contributed by atoms with Crippen LogP contribution in [0.3, 0.4) is 0 Å². The number of carbonyl (C=O) groups is 2. The minimum atomic E-state index is -0.868. The molecule has 1 atom stereocenters. The summed E-state index contributed by atoms with van der Waals surface area (Å²) in [5.74, 6) is -2.07. The van der Waals surface area contributed by atoms with Crippen molar-refractivity contribution >= 4 is 17.5 Å². The van der Waals surface area contributed by atoms with E-state index in [4.69, 9.17) is 5.73 Å². The lowest BCUT2D eigenvalue weighted by molar-refractivity contribution is -0.124. The molecule has 8 heteroatoms. The van der Waals surface area contributed by atoms with Gasteiger partial charge in [-0.1, -0.05) is 18.9 Å². The number of hydrogen-bond acceptors (Lipinski definition) is 4. The van der Waals surface area contributed by atoms with E-state index in [1.54, 1.807) is 30.6 Å². The Balaban J connectivity index is 1.29. The SMILES string of the molecule is NC(C(=O)NCC1(c2ccc(F)c(F)c2)CCCC1)C1CCC(C(=O)Nc2ccncc2)CC1. The molecule has 6 nitrogen and oxygen atoms in total. The molecule has 0 radical (unpaired) electrons. The number of nitrogens with zero attached hydrogens (tertiary/aromatic N) is 1. The second-order valence-corrected chi connectivity index (χ2v) is 9.70. The van der Waals surface area contributed by atoms with Gasteiger partial charge in [0, 0.05) is 36.0 Å². The molecule has 2 fully saturated rings. The molecule has 0 aliphatic heterocycles. The molecule has 1 unspecified atom stereocenters. The summed E-state index contributed by atoms with van der Waals surface area (Å²) in [5.41, 5.74) is 7.37. The fourth-order valence-corrected chi connectivity index (χ4v) is 5.45. The fraction of sp³-hybridized carbons (Fsp3) is 0.500. The normalized spacial score (nSPS) is 22.7. The average Bonchev–Trinajstić information content (AvgIpc) is 3.34. The van der Waals surface area contributed by atoms with E-state index in [9.17, 15) is 18.4 Å².